The molecule has 2 aromatic rings. The van der Waals surface area contributed by atoms with Crippen molar-refractivity contribution in [3.05, 3.63) is 42.1 Å². The van der Waals surface area contributed by atoms with Gasteiger partial charge in [0.1, 0.15) is 0 Å². The molecule has 0 radical (unpaired) electrons. The number of aromatic nitrogens is 2. The van der Waals surface area contributed by atoms with Crippen LogP contribution >= 0.6 is 11.6 Å². The Hall–Kier alpha value is -1.81. The van der Waals surface area contributed by atoms with Crippen LogP contribution < -0.4 is 10.1 Å². The van der Waals surface area contributed by atoms with E-state index in [9.17, 15) is 0 Å². The normalized spacial score (nSPS) is 10.1. The van der Waals surface area contributed by atoms with E-state index in [2.05, 4.69) is 15.3 Å². The zero-order valence-electron chi connectivity index (χ0n) is 10.1. The molecule has 0 saturated heterocycles. The number of rotatable bonds is 5. The summed E-state index contributed by atoms with van der Waals surface area (Å²) in [4.78, 5) is 8.37. The average Bonchev–Trinajstić information content (AvgIpc) is 2.40. The maximum Gasteiger partial charge on any atom is 0.230 e. The van der Waals surface area contributed by atoms with E-state index in [0.29, 0.717) is 24.3 Å². The minimum atomic E-state index is 0.482. The summed E-state index contributed by atoms with van der Waals surface area (Å²) in [5, 5.41) is 3.12. The van der Waals surface area contributed by atoms with Crippen molar-refractivity contribution in [1.82, 2.24) is 9.97 Å². The number of nitrogens with one attached hydrogen (secondary N) is 1. The largest absolute Gasteiger partial charge is 0.478 e. The second kappa shape index (κ2) is 6.21. The first-order valence-corrected chi connectivity index (χ1v) is 6.23. The summed E-state index contributed by atoms with van der Waals surface area (Å²) in [6, 6.07) is 9.53. The standard InChI is InChI=1S/C13H14ClN3O/c1-2-18-12-6-7-15-13(17-12)16-11-5-3-4-10(8-11)9-14/h3-8H,2,9H2,1H3,(H,15,16,17). The fourth-order valence-electron chi connectivity index (χ4n) is 1.49. The molecular formula is C13H14ClN3O. The molecule has 1 aromatic carbocycles. The lowest BCUT2D eigenvalue weighted by Crippen LogP contribution is -2.00. The van der Waals surface area contributed by atoms with Gasteiger partial charge in [0.05, 0.1) is 6.61 Å². The summed E-state index contributed by atoms with van der Waals surface area (Å²) in [5.74, 6) is 1.55. The van der Waals surface area contributed by atoms with Crippen LogP contribution in [0.2, 0.25) is 0 Å². The van der Waals surface area contributed by atoms with Crippen LogP contribution in [0.3, 0.4) is 0 Å². The van der Waals surface area contributed by atoms with Crippen LogP contribution in [0, 0.1) is 0 Å². The second-order valence-corrected chi connectivity index (χ2v) is 3.88. The Kier molecular flexibility index (Phi) is 4.36. The summed E-state index contributed by atoms with van der Waals surface area (Å²) in [5.41, 5.74) is 1.95. The smallest absolute Gasteiger partial charge is 0.230 e. The lowest BCUT2D eigenvalue weighted by Gasteiger charge is -2.07. The van der Waals surface area contributed by atoms with Gasteiger partial charge in [-0.15, -0.1) is 11.6 Å². The lowest BCUT2D eigenvalue weighted by atomic mass is 10.2. The minimum Gasteiger partial charge on any atom is -0.478 e. The first kappa shape index (κ1) is 12.6. The molecule has 18 heavy (non-hydrogen) atoms. The molecule has 0 amide bonds. The molecule has 1 heterocycles. The van der Waals surface area contributed by atoms with Crippen LogP contribution in [0.5, 0.6) is 5.88 Å². The number of hydrogen-bond acceptors (Lipinski definition) is 4. The van der Waals surface area contributed by atoms with Crippen molar-refractivity contribution >= 4 is 23.2 Å². The molecule has 0 bridgehead atoms. The molecule has 2 rings (SSSR count). The van der Waals surface area contributed by atoms with E-state index in [1.165, 1.54) is 0 Å². The van der Waals surface area contributed by atoms with Gasteiger partial charge < -0.3 is 10.1 Å². The number of anilines is 2. The molecule has 5 heteroatoms. The number of ether oxygens (including phenoxy) is 1. The van der Waals surface area contributed by atoms with Crippen molar-refractivity contribution in [2.75, 3.05) is 11.9 Å². The zero-order valence-corrected chi connectivity index (χ0v) is 10.8. The Labute approximate surface area is 111 Å². The van der Waals surface area contributed by atoms with Crippen LogP contribution in [0.15, 0.2) is 36.5 Å². The molecule has 94 valence electrons. The van der Waals surface area contributed by atoms with Gasteiger partial charge >= 0.3 is 0 Å². The van der Waals surface area contributed by atoms with E-state index >= 15 is 0 Å². The fourth-order valence-corrected chi connectivity index (χ4v) is 1.66. The molecule has 1 N–H and O–H groups in total. The molecule has 0 fully saturated rings. The Morgan fingerprint density at radius 1 is 1.33 bits per heavy atom. The molecule has 0 aliphatic rings. The van der Waals surface area contributed by atoms with Gasteiger partial charge in [0.25, 0.3) is 0 Å². The second-order valence-electron chi connectivity index (χ2n) is 3.61. The van der Waals surface area contributed by atoms with Crippen molar-refractivity contribution in [3.63, 3.8) is 0 Å². The molecular weight excluding hydrogens is 250 g/mol. The van der Waals surface area contributed by atoms with Gasteiger partial charge in [-0.25, -0.2) is 4.98 Å². The highest BCUT2D eigenvalue weighted by Crippen LogP contribution is 2.17. The Balaban J connectivity index is 2.14. The third-order valence-electron chi connectivity index (χ3n) is 2.26. The van der Waals surface area contributed by atoms with Crippen LogP contribution in [0.1, 0.15) is 12.5 Å². The zero-order chi connectivity index (χ0) is 12.8. The van der Waals surface area contributed by atoms with Crippen molar-refractivity contribution in [3.8, 4) is 5.88 Å². The maximum atomic E-state index is 5.79. The van der Waals surface area contributed by atoms with E-state index < -0.39 is 0 Å². The van der Waals surface area contributed by atoms with Crippen molar-refractivity contribution < 1.29 is 4.74 Å². The van der Waals surface area contributed by atoms with Crippen LogP contribution in [0.25, 0.3) is 0 Å². The highest BCUT2D eigenvalue weighted by Gasteiger charge is 2.01. The number of hydrogen-bond donors (Lipinski definition) is 1. The summed E-state index contributed by atoms with van der Waals surface area (Å²) in [6.45, 7) is 2.50. The van der Waals surface area contributed by atoms with Gasteiger partial charge in [-0.2, -0.15) is 4.98 Å². The average molecular weight is 264 g/mol. The molecule has 0 unspecified atom stereocenters. The predicted molar refractivity (Wildman–Crippen MR) is 72.5 cm³/mol. The summed E-state index contributed by atoms with van der Waals surface area (Å²) in [7, 11) is 0. The summed E-state index contributed by atoms with van der Waals surface area (Å²) >= 11 is 5.79. The molecule has 0 atom stereocenters. The molecule has 0 aliphatic carbocycles. The highest BCUT2D eigenvalue weighted by molar-refractivity contribution is 6.17. The van der Waals surface area contributed by atoms with Crippen LogP contribution in [0.4, 0.5) is 11.6 Å². The Morgan fingerprint density at radius 2 is 2.22 bits per heavy atom. The van der Waals surface area contributed by atoms with E-state index in [1.54, 1.807) is 12.3 Å². The third-order valence-corrected chi connectivity index (χ3v) is 2.57. The number of alkyl halides is 1. The third kappa shape index (κ3) is 3.34. The van der Waals surface area contributed by atoms with Gasteiger partial charge in [0, 0.05) is 23.8 Å². The molecule has 0 saturated carbocycles. The number of halogens is 1. The van der Waals surface area contributed by atoms with E-state index in [4.69, 9.17) is 16.3 Å². The highest BCUT2D eigenvalue weighted by atomic mass is 35.5. The Bertz CT molecular complexity index is 519. The molecule has 4 nitrogen and oxygen atoms in total. The first-order valence-electron chi connectivity index (χ1n) is 5.69. The van der Waals surface area contributed by atoms with Crippen molar-refractivity contribution in [2.24, 2.45) is 0 Å². The van der Waals surface area contributed by atoms with E-state index in [-0.39, 0.29) is 0 Å². The summed E-state index contributed by atoms with van der Waals surface area (Å²) < 4.78 is 5.32. The predicted octanol–water partition coefficient (Wildman–Crippen LogP) is 3.36. The van der Waals surface area contributed by atoms with Gasteiger partial charge in [0.15, 0.2) is 0 Å². The van der Waals surface area contributed by atoms with Crippen molar-refractivity contribution in [1.29, 1.82) is 0 Å². The molecule has 1 aromatic heterocycles. The van der Waals surface area contributed by atoms with E-state index in [1.807, 2.05) is 31.2 Å². The monoisotopic (exact) mass is 263 g/mol. The Morgan fingerprint density at radius 3 is 3.00 bits per heavy atom. The van der Waals surface area contributed by atoms with Gasteiger partial charge in [-0.1, -0.05) is 12.1 Å². The first-order chi connectivity index (χ1) is 8.81. The van der Waals surface area contributed by atoms with Gasteiger partial charge in [-0.3, -0.25) is 0 Å². The van der Waals surface area contributed by atoms with Crippen LogP contribution in [-0.4, -0.2) is 16.6 Å². The van der Waals surface area contributed by atoms with Crippen LogP contribution in [-0.2, 0) is 5.88 Å². The molecule has 0 aliphatic heterocycles. The van der Waals surface area contributed by atoms with Gasteiger partial charge in [0.2, 0.25) is 11.8 Å². The number of nitrogens with zero attached hydrogens (tertiary/aromatic N) is 2. The lowest BCUT2D eigenvalue weighted by molar-refractivity contribution is 0.327. The van der Waals surface area contributed by atoms with E-state index in [0.717, 1.165) is 11.3 Å². The topological polar surface area (TPSA) is 47.0 Å². The molecule has 0 spiro atoms. The van der Waals surface area contributed by atoms with Gasteiger partial charge in [-0.05, 0) is 24.6 Å². The van der Waals surface area contributed by atoms with Crippen molar-refractivity contribution in [2.45, 2.75) is 12.8 Å². The fraction of sp³-hybridized carbons (Fsp3) is 0.231. The minimum absolute atomic E-state index is 0.482. The quantitative estimate of drug-likeness (QED) is 0.841. The summed E-state index contributed by atoms with van der Waals surface area (Å²) in [6.07, 6.45) is 1.66. The SMILES string of the molecule is CCOc1ccnc(Nc2cccc(CCl)c2)n1. The maximum absolute atomic E-state index is 5.79. The number of benzene rings is 1.